The molecule has 1 aliphatic heterocycles. The molecule has 0 amide bonds. The second-order valence-corrected chi connectivity index (χ2v) is 15.0. The monoisotopic (exact) mass is 601 g/mol. The van der Waals surface area contributed by atoms with Crippen LogP contribution in [-0.2, 0) is 15.7 Å². The average Bonchev–Trinajstić information content (AvgIpc) is 3.22. The highest BCUT2D eigenvalue weighted by molar-refractivity contribution is 8.18. The standard InChI is InChI=1S/C27H32N5O7PS/c1-2-41(15-40(36,37)38)14-20-22(33)23(34)26(39-20)32-25-18(13-28-32)24(30-21(31-25)9-10-27(35)11-12-27)29-19-8-7-16-5-3-4-6-17(16)19/h2-6,13,19-20,22-23,26,33-35H,7-8,11-12,14-15H2,1H3,(H,29,30,31)(H2,36,37,38)/t19-,20-,22-,23-,26-,41?/m1/s1. The highest BCUT2D eigenvalue weighted by atomic mass is 32.2. The number of anilines is 1. The van der Waals surface area contributed by atoms with Crippen LogP contribution in [-0.4, -0.2) is 85.4 Å². The van der Waals surface area contributed by atoms with Crippen LogP contribution < -0.4 is 5.32 Å². The summed E-state index contributed by atoms with van der Waals surface area (Å²) in [7, 11) is -5.12. The number of nitrogens with zero attached hydrogens (tertiary/aromatic N) is 4. The van der Waals surface area contributed by atoms with Crippen molar-refractivity contribution in [3.05, 3.63) is 47.4 Å². The number of aromatic nitrogens is 4. The van der Waals surface area contributed by atoms with Gasteiger partial charge in [-0.05, 0) is 49.7 Å². The molecule has 2 aromatic heterocycles. The van der Waals surface area contributed by atoms with E-state index in [-0.39, 0.29) is 23.1 Å². The first-order valence-corrected chi connectivity index (χ1v) is 16.8. The molecule has 6 atom stereocenters. The van der Waals surface area contributed by atoms with Gasteiger partial charge in [-0.1, -0.05) is 35.6 Å². The van der Waals surface area contributed by atoms with Crippen molar-refractivity contribution >= 4 is 40.3 Å². The van der Waals surface area contributed by atoms with E-state index in [1.165, 1.54) is 15.8 Å². The predicted octanol–water partition coefficient (Wildman–Crippen LogP) is 1.65. The lowest BCUT2D eigenvalue weighted by Gasteiger charge is -2.18. The van der Waals surface area contributed by atoms with Crippen LogP contribution in [0, 0.1) is 11.8 Å². The molecule has 6 N–H and O–H groups in total. The maximum atomic E-state index is 11.6. The molecule has 3 heterocycles. The number of hydrogen-bond acceptors (Lipinski definition) is 9. The fourth-order valence-corrected chi connectivity index (χ4v) is 8.92. The van der Waals surface area contributed by atoms with Crippen LogP contribution in [0.2, 0.25) is 0 Å². The van der Waals surface area contributed by atoms with E-state index < -0.39 is 48.2 Å². The van der Waals surface area contributed by atoms with E-state index in [9.17, 15) is 29.7 Å². The summed E-state index contributed by atoms with van der Waals surface area (Å²) < 4.78 is 19.0. The first-order valence-electron chi connectivity index (χ1n) is 13.4. The maximum Gasteiger partial charge on any atom is 0.334 e. The van der Waals surface area contributed by atoms with Crippen molar-refractivity contribution < 1.29 is 34.4 Å². The Labute approximate surface area is 238 Å². The highest BCUT2D eigenvalue weighted by Gasteiger charge is 2.45. The van der Waals surface area contributed by atoms with Crippen molar-refractivity contribution in [1.29, 1.82) is 0 Å². The van der Waals surface area contributed by atoms with E-state index in [4.69, 9.17) is 4.74 Å². The Kier molecular flexibility index (Phi) is 7.55. The third-order valence-electron chi connectivity index (χ3n) is 7.65. The Morgan fingerprint density at radius 1 is 1.24 bits per heavy atom. The number of rotatable bonds is 7. The average molecular weight is 602 g/mol. The van der Waals surface area contributed by atoms with Gasteiger partial charge >= 0.3 is 7.60 Å². The van der Waals surface area contributed by atoms with Crippen molar-refractivity contribution in [2.24, 2.45) is 0 Å². The topological polar surface area (TPSA) is 183 Å². The minimum atomic E-state index is -4.28. The molecule has 2 aliphatic carbocycles. The zero-order chi connectivity index (χ0) is 28.9. The Morgan fingerprint density at radius 2 is 2.02 bits per heavy atom. The van der Waals surface area contributed by atoms with Crippen LogP contribution in [0.25, 0.3) is 11.0 Å². The molecule has 41 heavy (non-hydrogen) atoms. The molecule has 1 saturated carbocycles. The zero-order valence-electron chi connectivity index (χ0n) is 22.3. The molecule has 0 radical (unpaired) electrons. The SMILES string of the molecule is C/C=S(\C[C@H]1O[C@@H](n2ncc3c(N[C@@H]4CCc5ccccc54)nc(C#CC4(O)CC4)nc32)[C@H](O)[C@@H]1O)CP(=O)(O)O. The maximum absolute atomic E-state index is 11.6. The minimum Gasteiger partial charge on any atom is -0.387 e. The molecular weight excluding hydrogens is 569 g/mol. The lowest BCUT2D eigenvalue weighted by atomic mass is 10.1. The van der Waals surface area contributed by atoms with Gasteiger partial charge in [0.05, 0.1) is 29.2 Å². The van der Waals surface area contributed by atoms with Crippen LogP contribution in [0.15, 0.2) is 30.5 Å². The van der Waals surface area contributed by atoms with Crippen LogP contribution in [0.1, 0.15) is 55.4 Å². The van der Waals surface area contributed by atoms with Crippen LogP contribution in [0.5, 0.6) is 0 Å². The smallest absolute Gasteiger partial charge is 0.334 e. The predicted molar refractivity (Wildman–Crippen MR) is 155 cm³/mol. The molecule has 1 saturated heterocycles. The summed E-state index contributed by atoms with van der Waals surface area (Å²) >= 11 is 0. The molecule has 14 heteroatoms. The van der Waals surface area contributed by atoms with Crippen molar-refractivity contribution in [2.75, 3.05) is 16.6 Å². The lowest BCUT2D eigenvalue weighted by molar-refractivity contribution is -0.0362. The van der Waals surface area contributed by atoms with Crippen molar-refractivity contribution in [3.63, 3.8) is 0 Å². The summed E-state index contributed by atoms with van der Waals surface area (Å²) in [4.78, 5) is 28.1. The number of fused-ring (bicyclic) bond motifs is 2. The lowest BCUT2D eigenvalue weighted by Crippen LogP contribution is -2.33. The Morgan fingerprint density at radius 3 is 2.76 bits per heavy atom. The van der Waals surface area contributed by atoms with Crippen LogP contribution >= 0.6 is 18.1 Å². The molecule has 2 fully saturated rings. The van der Waals surface area contributed by atoms with E-state index in [1.54, 1.807) is 18.5 Å². The fraction of sp³-hybridized carbons (Fsp3) is 0.481. The normalized spacial score (nSPS) is 27.4. The number of aryl methyl sites for hydroxylation is 1. The minimum absolute atomic E-state index is 0.0119. The van der Waals surface area contributed by atoms with Crippen molar-refractivity contribution in [1.82, 2.24) is 19.7 Å². The Hall–Kier alpha value is -2.66. The van der Waals surface area contributed by atoms with Gasteiger partial charge in [0.2, 0.25) is 5.82 Å². The Bertz CT molecular complexity index is 1620. The Balaban J connectivity index is 1.34. The van der Waals surface area contributed by atoms with Gasteiger partial charge in [0.25, 0.3) is 0 Å². The van der Waals surface area contributed by atoms with Gasteiger partial charge in [0.15, 0.2) is 11.9 Å². The van der Waals surface area contributed by atoms with Crippen molar-refractivity contribution in [2.45, 2.75) is 68.8 Å². The summed E-state index contributed by atoms with van der Waals surface area (Å²) in [6.45, 7) is 1.70. The number of aliphatic hydroxyl groups excluding tert-OH is 2. The van der Waals surface area contributed by atoms with Gasteiger partial charge in [-0.25, -0.2) is 14.6 Å². The first kappa shape index (κ1) is 28.5. The molecule has 3 aromatic rings. The third-order valence-corrected chi connectivity index (χ3v) is 11.7. The van der Waals surface area contributed by atoms with Gasteiger partial charge in [0.1, 0.15) is 23.6 Å². The second-order valence-electron chi connectivity index (χ2n) is 10.7. The number of ether oxygens (including phenoxy) is 1. The van der Waals surface area contributed by atoms with E-state index >= 15 is 0 Å². The van der Waals surface area contributed by atoms with Gasteiger partial charge in [-0.2, -0.15) is 15.6 Å². The molecule has 1 aromatic carbocycles. The third kappa shape index (κ3) is 5.98. The number of benzene rings is 1. The summed E-state index contributed by atoms with van der Waals surface area (Å²) in [5.74, 6) is 6.52. The van der Waals surface area contributed by atoms with E-state index in [0.29, 0.717) is 29.7 Å². The van der Waals surface area contributed by atoms with E-state index in [0.717, 1.165) is 12.8 Å². The molecule has 6 rings (SSSR count). The quantitative estimate of drug-likeness (QED) is 0.132. The number of hydrogen-bond donors (Lipinski definition) is 6. The molecule has 3 aliphatic rings. The summed E-state index contributed by atoms with van der Waals surface area (Å²) in [5.41, 5.74) is 1.40. The van der Waals surface area contributed by atoms with Gasteiger partial charge in [-0.3, -0.25) is 4.57 Å². The van der Waals surface area contributed by atoms with Crippen LogP contribution in [0.4, 0.5) is 5.82 Å². The summed E-state index contributed by atoms with van der Waals surface area (Å²) in [6.07, 6.45) is -0.0950. The zero-order valence-corrected chi connectivity index (χ0v) is 24.0. The highest BCUT2D eigenvalue weighted by Crippen LogP contribution is 2.43. The van der Waals surface area contributed by atoms with Gasteiger partial charge in [0, 0.05) is 5.75 Å². The number of aliphatic hydroxyl groups is 3. The van der Waals surface area contributed by atoms with E-state index in [1.807, 2.05) is 12.1 Å². The van der Waals surface area contributed by atoms with Gasteiger partial charge < -0.3 is 35.2 Å². The second kappa shape index (κ2) is 10.9. The largest absolute Gasteiger partial charge is 0.387 e. The van der Waals surface area contributed by atoms with E-state index in [2.05, 4.69) is 44.4 Å². The molecule has 218 valence electrons. The number of nitrogens with one attached hydrogen (secondary N) is 1. The summed E-state index contributed by atoms with van der Waals surface area (Å²) in [5, 5.41) is 42.2. The van der Waals surface area contributed by atoms with Crippen LogP contribution in [0.3, 0.4) is 0 Å². The molecule has 12 nitrogen and oxygen atoms in total. The molecule has 0 bridgehead atoms. The molecule has 1 unspecified atom stereocenters. The fourth-order valence-electron chi connectivity index (χ4n) is 5.28. The molecular formula is C27H32N5O7PS. The van der Waals surface area contributed by atoms with Gasteiger partial charge in [-0.15, -0.1) is 0 Å². The first-order chi connectivity index (χ1) is 19.5. The van der Waals surface area contributed by atoms with Crippen molar-refractivity contribution in [3.8, 4) is 11.8 Å². The molecule has 0 spiro atoms. The summed E-state index contributed by atoms with van der Waals surface area (Å²) in [6, 6.07) is 8.23.